The number of rotatable bonds is 7. The van der Waals surface area contributed by atoms with Gasteiger partial charge in [-0.25, -0.2) is 0 Å². The van der Waals surface area contributed by atoms with Crippen LogP contribution in [0.4, 0.5) is 0 Å². The van der Waals surface area contributed by atoms with Gasteiger partial charge < -0.3 is 10.1 Å². The molecule has 4 rings (SSSR count). The Balaban J connectivity index is 1.42. The Bertz CT molecular complexity index is 974. The zero-order valence-electron chi connectivity index (χ0n) is 17.3. The minimum atomic E-state index is -0.0317. The van der Waals surface area contributed by atoms with Crippen molar-refractivity contribution in [2.45, 2.75) is 45.4 Å². The number of nitrogens with one attached hydrogen (secondary N) is 1. The highest BCUT2D eigenvalue weighted by Gasteiger charge is 2.25. The molecule has 0 atom stereocenters. The molecule has 3 aromatic rings. The van der Waals surface area contributed by atoms with E-state index in [9.17, 15) is 0 Å². The van der Waals surface area contributed by atoms with Crippen LogP contribution in [0.25, 0.3) is 6.08 Å². The lowest BCUT2D eigenvalue weighted by atomic mass is 9.82. The Morgan fingerprint density at radius 3 is 2.24 bits per heavy atom. The largest absolute Gasteiger partial charge is 0.489 e. The molecule has 0 fully saturated rings. The van der Waals surface area contributed by atoms with E-state index in [1.807, 2.05) is 18.2 Å². The summed E-state index contributed by atoms with van der Waals surface area (Å²) in [5.74, 6) is 0.950. The monoisotopic (exact) mass is 383 g/mol. The second-order valence-corrected chi connectivity index (χ2v) is 8.27. The molecule has 0 radical (unpaired) electrons. The van der Waals surface area contributed by atoms with Gasteiger partial charge in [0.15, 0.2) is 0 Å². The van der Waals surface area contributed by atoms with Crippen molar-refractivity contribution in [2.75, 3.05) is 0 Å². The predicted molar refractivity (Wildman–Crippen MR) is 121 cm³/mol. The van der Waals surface area contributed by atoms with Gasteiger partial charge in [0.25, 0.3) is 0 Å². The molecule has 0 amide bonds. The molecular weight excluding hydrogens is 354 g/mol. The highest BCUT2D eigenvalue weighted by atomic mass is 16.5. The van der Waals surface area contributed by atoms with E-state index in [1.54, 1.807) is 0 Å². The number of aryl methyl sites for hydroxylation is 1. The number of fused-ring (bicyclic) bond motifs is 1. The molecule has 29 heavy (non-hydrogen) atoms. The number of benzene rings is 3. The van der Waals surface area contributed by atoms with E-state index in [4.69, 9.17) is 4.74 Å². The Morgan fingerprint density at radius 1 is 0.828 bits per heavy atom. The first kappa shape index (κ1) is 19.5. The van der Waals surface area contributed by atoms with Crippen molar-refractivity contribution in [3.63, 3.8) is 0 Å². The summed E-state index contributed by atoms with van der Waals surface area (Å²) in [5, 5.41) is 3.73. The fraction of sp³-hybridized carbons (Fsp3) is 0.259. The minimum Gasteiger partial charge on any atom is -0.489 e. The first-order valence-electron chi connectivity index (χ1n) is 10.4. The summed E-state index contributed by atoms with van der Waals surface area (Å²) in [6.45, 7) is 6.05. The Kier molecular flexibility index (Phi) is 5.82. The SMILES string of the molecule is CC(C)(NCc1ccccc1)C1=Cc2ccc(OCc3ccccc3)cc2CC1. The molecule has 2 heteroatoms. The zero-order chi connectivity index (χ0) is 20.1. The Morgan fingerprint density at radius 2 is 1.52 bits per heavy atom. The minimum absolute atomic E-state index is 0.0317. The average Bonchev–Trinajstić information content (AvgIpc) is 2.77. The molecule has 0 aromatic heterocycles. The van der Waals surface area contributed by atoms with Crippen molar-refractivity contribution in [2.24, 2.45) is 0 Å². The van der Waals surface area contributed by atoms with Crippen LogP contribution in [0.2, 0.25) is 0 Å². The molecule has 0 aliphatic heterocycles. The maximum Gasteiger partial charge on any atom is 0.120 e. The Hall–Kier alpha value is -2.84. The summed E-state index contributed by atoms with van der Waals surface area (Å²) in [7, 11) is 0. The van der Waals surface area contributed by atoms with Crippen LogP contribution in [0.3, 0.4) is 0 Å². The van der Waals surface area contributed by atoms with E-state index in [0.717, 1.165) is 25.1 Å². The average molecular weight is 384 g/mol. The van der Waals surface area contributed by atoms with Crippen LogP contribution in [-0.2, 0) is 19.6 Å². The summed E-state index contributed by atoms with van der Waals surface area (Å²) in [6, 6.07) is 27.4. The van der Waals surface area contributed by atoms with E-state index in [-0.39, 0.29) is 5.54 Å². The second-order valence-electron chi connectivity index (χ2n) is 8.27. The number of hydrogen-bond acceptors (Lipinski definition) is 2. The molecule has 1 N–H and O–H groups in total. The lowest BCUT2D eigenvalue weighted by molar-refractivity contribution is 0.306. The fourth-order valence-corrected chi connectivity index (χ4v) is 3.82. The van der Waals surface area contributed by atoms with Gasteiger partial charge in [0.2, 0.25) is 0 Å². The van der Waals surface area contributed by atoms with Crippen molar-refractivity contribution in [3.8, 4) is 5.75 Å². The van der Waals surface area contributed by atoms with Crippen molar-refractivity contribution in [1.82, 2.24) is 5.32 Å². The molecule has 0 saturated carbocycles. The number of ether oxygens (including phenoxy) is 1. The number of hydrogen-bond donors (Lipinski definition) is 1. The second kappa shape index (κ2) is 8.67. The third-order valence-corrected chi connectivity index (χ3v) is 5.74. The maximum atomic E-state index is 6.01. The summed E-state index contributed by atoms with van der Waals surface area (Å²) < 4.78 is 6.01. The maximum absolute atomic E-state index is 6.01. The van der Waals surface area contributed by atoms with Crippen LogP contribution in [-0.4, -0.2) is 5.54 Å². The van der Waals surface area contributed by atoms with E-state index < -0.39 is 0 Å². The van der Waals surface area contributed by atoms with E-state index in [1.165, 1.54) is 27.8 Å². The standard InChI is InChI=1S/C27H29NO/c1-27(2,28-19-21-9-5-3-6-10-21)25-15-13-24-18-26(16-14-23(24)17-25)29-20-22-11-7-4-8-12-22/h3-12,14,16-18,28H,13,15,19-20H2,1-2H3. The lowest BCUT2D eigenvalue weighted by Gasteiger charge is -2.32. The summed E-state index contributed by atoms with van der Waals surface area (Å²) >= 11 is 0. The van der Waals surface area contributed by atoms with Gasteiger partial charge in [-0.1, -0.05) is 72.8 Å². The van der Waals surface area contributed by atoms with Gasteiger partial charge >= 0.3 is 0 Å². The highest BCUT2D eigenvalue weighted by molar-refractivity contribution is 5.62. The fourth-order valence-electron chi connectivity index (χ4n) is 3.82. The highest BCUT2D eigenvalue weighted by Crippen LogP contribution is 2.32. The van der Waals surface area contributed by atoms with Crippen LogP contribution >= 0.6 is 0 Å². The molecule has 3 aromatic carbocycles. The zero-order valence-corrected chi connectivity index (χ0v) is 17.3. The van der Waals surface area contributed by atoms with Gasteiger partial charge in [-0.05, 0) is 66.6 Å². The van der Waals surface area contributed by atoms with Gasteiger partial charge in [0.05, 0.1) is 0 Å². The molecule has 148 valence electrons. The molecule has 1 aliphatic carbocycles. The van der Waals surface area contributed by atoms with Crippen molar-refractivity contribution in [3.05, 3.63) is 107 Å². The van der Waals surface area contributed by atoms with Gasteiger partial charge in [-0.2, -0.15) is 0 Å². The molecule has 2 nitrogen and oxygen atoms in total. The first-order valence-corrected chi connectivity index (χ1v) is 10.4. The summed E-state index contributed by atoms with van der Waals surface area (Å²) in [5.41, 5.74) is 6.62. The predicted octanol–water partition coefficient (Wildman–Crippen LogP) is 6.16. The van der Waals surface area contributed by atoms with Crippen LogP contribution in [0, 0.1) is 0 Å². The molecule has 0 unspecified atom stereocenters. The third kappa shape index (κ3) is 4.96. The topological polar surface area (TPSA) is 21.3 Å². The molecular formula is C27H29NO. The lowest BCUT2D eigenvalue weighted by Crippen LogP contribution is -2.41. The van der Waals surface area contributed by atoms with Gasteiger partial charge in [0.1, 0.15) is 12.4 Å². The van der Waals surface area contributed by atoms with Crippen molar-refractivity contribution < 1.29 is 4.74 Å². The molecule has 0 bridgehead atoms. The quantitative estimate of drug-likeness (QED) is 0.527. The van der Waals surface area contributed by atoms with Crippen LogP contribution in [0.5, 0.6) is 5.75 Å². The van der Waals surface area contributed by atoms with Gasteiger partial charge in [-0.15, -0.1) is 0 Å². The Labute approximate surface area is 174 Å². The normalized spacial score (nSPS) is 13.5. The van der Waals surface area contributed by atoms with Crippen molar-refractivity contribution in [1.29, 1.82) is 0 Å². The summed E-state index contributed by atoms with van der Waals surface area (Å²) in [4.78, 5) is 0. The van der Waals surface area contributed by atoms with Crippen LogP contribution in [0.15, 0.2) is 84.4 Å². The molecule has 0 spiro atoms. The van der Waals surface area contributed by atoms with Gasteiger partial charge in [0, 0.05) is 12.1 Å². The summed E-state index contributed by atoms with van der Waals surface area (Å²) in [6.07, 6.45) is 4.49. The van der Waals surface area contributed by atoms with E-state index >= 15 is 0 Å². The smallest absolute Gasteiger partial charge is 0.120 e. The van der Waals surface area contributed by atoms with Crippen molar-refractivity contribution >= 4 is 6.08 Å². The third-order valence-electron chi connectivity index (χ3n) is 5.74. The van der Waals surface area contributed by atoms with Crippen LogP contribution in [0.1, 0.15) is 42.5 Å². The van der Waals surface area contributed by atoms with E-state index in [0.29, 0.717) is 6.61 Å². The molecule has 1 aliphatic rings. The van der Waals surface area contributed by atoms with Gasteiger partial charge in [-0.3, -0.25) is 0 Å². The first-order chi connectivity index (χ1) is 14.1. The van der Waals surface area contributed by atoms with E-state index in [2.05, 4.69) is 85.9 Å². The molecule has 0 heterocycles. The molecule has 0 saturated heterocycles. The van der Waals surface area contributed by atoms with Crippen LogP contribution < -0.4 is 10.1 Å².